The number of pyridine rings is 1. The van der Waals surface area contributed by atoms with E-state index >= 15 is 0 Å². The summed E-state index contributed by atoms with van der Waals surface area (Å²) in [7, 11) is -4.02. The molecule has 1 fully saturated rings. The van der Waals surface area contributed by atoms with Crippen molar-refractivity contribution in [3.8, 4) is 0 Å². The molecule has 0 bridgehead atoms. The van der Waals surface area contributed by atoms with Gasteiger partial charge in [0.25, 0.3) is 15.9 Å². The van der Waals surface area contributed by atoms with Crippen LogP contribution in [0.15, 0.2) is 101 Å². The van der Waals surface area contributed by atoms with Gasteiger partial charge in [-0.25, -0.2) is 13.1 Å². The summed E-state index contributed by atoms with van der Waals surface area (Å²) in [5.74, 6) is -3.82. The highest BCUT2D eigenvalue weighted by Crippen LogP contribution is 2.20. The molecule has 340 valence electrons. The van der Waals surface area contributed by atoms with Gasteiger partial charge in [-0.1, -0.05) is 66.2 Å². The van der Waals surface area contributed by atoms with Crippen LogP contribution in [0.25, 0.3) is 10.8 Å². The first-order valence-corrected chi connectivity index (χ1v) is 22.6. The molecule has 19 heteroatoms. The molecule has 64 heavy (non-hydrogen) atoms. The summed E-state index contributed by atoms with van der Waals surface area (Å²) >= 11 is 0. The average molecular weight is 897 g/mol. The number of aryl methyl sites for hydroxylation is 1. The topological polar surface area (TPSA) is 277 Å². The molecule has 1 aromatic heterocycles. The van der Waals surface area contributed by atoms with E-state index in [0.29, 0.717) is 25.7 Å². The van der Waals surface area contributed by atoms with E-state index in [1.54, 1.807) is 30.3 Å². The average Bonchev–Trinajstić information content (AvgIpc) is 3.77. The third-order valence-electron chi connectivity index (χ3n) is 10.7. The number of primary amides is 1. The molecule has 1 aliphatic rings. The van der Waals surface area contributed by atoms with Gasteiger partial charge in [0.05, 0.1) is 4.90 Å². The molecule has 4 aromatic rings. The van der Waals surface area contributed by atoms with E-state index in [4.69, 9.17) is 11.5 Å². The Morgan fingerprint density at radius 3 is 2.20 bits per heavy atom. The van der Waals surface area contributed by atoms with Crippen molar-refractivity contribution >= 4 is 62.2 Å². The molecule has 0 spiro atoms. The van der Waals surface area contributed by atoms with Crippen LogP contribution in [-0.4, -0.2) is 104 Å². The molecule has 0 aliphatic carbocycles. The fourth-order valence-corrected chi connectivity index (χ4v) is 8.31. The van der Waals surface area contributed by atoms with Crippen LogP contribution < -0.4 is 37.5 Å². The molecule has 5 rings (SSSR count). The normalized spacial score (nSPS) is 15.4. The molecule has 0 unspecified atom stereocenters. The Bertz CT molecular complexity index is 2430. The number of hydrogen-bond acceptors (Lipinski definition) is 10. The fraction of sp³-hybridized carbons (Fsp3) is 0.378. The van der Waals surface area contributed by atoms with E-state index in [-0.39, 0.29) is 67.8 Å². The maximum atomic E-state index is 14.3. The van der Waals surface area contributed by atoms with E-state index in [2.05, 4.69) is 36.0 Å². The standard InChI is InChI=1S/C45H56N10O8S/c1-29-17-21-34(22-18-29)64(62,63)54-45(47)50-25-9-15-37(44(61)55-26-10-16-39(55)40(46)57)53-42(59)36(14-6-8-24-49-41(58)35-13-5-7-23-48-35)52-43(60)38(51-30(2)56)28-31-19-20-32-11-3-4-12-33(32)27-31/h3-5,7,11-13,17-23,27,36-39H,6,8-10,14-16,24-26,28H2,1-2H3,(H2,46,57)(H,49,58)(H,51,56)(H,52,60)(H,53,59)(H3,47,50,54)/t36-,37+,38-,39+/m1/s1. The number of nitrogens with one attached hydrogen (secondary N) is 5. The molecule has 6 amide bonds. The monoisotopic (exact) mass is 896 g/mol. The number of unbranched alkanes of at least 4 members (excludes halogenated alkanes) is 1. The number of rotatable bonds is 21. The van der Waals surface area contributed by atoms with Gasteiger partial charge in [-0.3, -0.25) is 38.7 Å². The Morgan fingerprint density at radius 1 is 0.812 bits per heavy atom. The van der Waals surface area contributed by atoms with E-state index in [1.807, 2.05) is 49.4 Å². The van der Waals surface area contributed by atoms with Crippen molar-refractivity contribution in [2.45, 2.75) is 94.3 Å². The smallest absolute Gasteiger partial charge is 0.269 e. The van der Waals surface area contributed by atoms with Crippen LogP contribution in [0, 0.1) is 6.92 Å². The van der Waals surface area contributed by atoms with Gasteiger partial charge in [0.1, 0.15) is 29.9 Å². The number of aromatic nitrogens is 1. The van der Waals surface area contributed by atoms with Gasteiger partial charge in [-0.15, -0.1) is 0 Å². The Kier molecular flexibility index (Phi) is 17.3. The van der Waals surface area contributed by atoms with Gasteiger partial charge in [0.2, 0.25) is 35.5 Å². The van der Waals surface area contributed by atoms with E-state index in [9.17, 15) is 37.2 Å². The first kappa shape index (κ1) is 48.1. The lowest BCUT2D eigenvalue weighted by molar-refractivity contribution is -0.141. The van der Waals surface area contributed by atoms with Crippen LogP contribution in [0.3, 0.4) is 0 Å². The van der Waals surface area contributed by atoms with Gasteiger partial charge in [0, 0.05) is 39.2 Å². The third-order valence-corrected chi connectivity index (χ3v) is 12.0. The lowest BCUT2D eigenvalue weighted by Gasteiger charge is -2.29. The third kappa shape index (κ3) is 14.1. The number of carbonyl (C=O) groups excluding carboxylic acids is 6. The van der Waals surface area contributed by atoms with Crippen molar-refractivity contribution in [1.29, 1.82) is 0 Å². The van der Waals surface area contributed by atoms with Crippen LogP contribution in [0.5, 0.6) is 0 Å². The van der Waals surface area contributed by atoms with E-state index < -0.39 is 63.7 Å². The number of amides is 6. The first-order valence-electron chi connectivity index (χ1n) is 21.1. The van der Waals surface area contributed by atoms with Crippen molar-refractivity contribution in [1.82, 2.24) is 35.9 Å². The van der Waals surface area contributed by atoms with Crippen LogP contribution in [-0.2, 0) is 40.4 Å². The number of likely N-dealkylation sites (tertiary alicyclic amines) is 1. The Balaban J connectivity index is 1.32. The van der Waals surface area contributed by atoms with E-state index in [1.165, 1.54) is 30.2 Å². The van der Waals surface area contributed by atoms with Gasteiger partial charge in [-0.05, 0) is 92.5 Å². The SMILES string of the molecule is CC(=O)N[C@H](Cc1ccc2ccccc2c1)C(=O)N[C@H](CCCCNC(=O)c1ccccn1)C(=O)N[C@@H](CCCN=C(N)NS(=O)(=O)c1ccc(C)cc1)C(=O)N1CCC[C@H]1C(N)=O. The highest BCUT2D eigenvalue weighted by Gasteiger charge is 2.37. The Morgan fingerprint density at radius 2 is 1.50 bits per heavy atom. The summed E-state index contributed by atoms with van der Waals surface area (Å²) in [6.45, 7) is 3.53. The lowest BCUT2D eigenvalue weighted by Crippen LogP contribution is -2.58. The number of aliphatic imine (C=N–C) groups is 1. The second-order valence-corrected chi connectivity index (χ2v) is 17.3. The number of sulfonamides is 1. The second kappa shape index (κ2) is 23.0. The minimum absolute atomic E-state index is 0.00722. The highest BCUT2D eigenvalue weighted by atomic mass is 32.2. The maximum absolute atomic E-state index is 14.3. The summed E-state index contributed by atoms with van der Waals surface area (Å²) in [6.07, 6.45) is 3.44. The van der Waals surface area contributed by atoms with Crippen LogP contribution in [0.4, 0.5) is 0 Å². The number of hydrogen-bond donors (Lipinski definition) is 7. The number of carbonyl (C=O) groups is 6. The maximum Gasteiger partial charge on any atom is 0.269 e. The molecular weight excluding hydrogens is 841 g/mol. The quantitative estimate of drug-likeness (QED) is 0.0361. The zero-order chi connectivity index (χ0) is 46.2. The number of nitrogens with zero attached hydrogens (tertiary/aromatic N) is 3. The summed E-state index contributed by atoms with van der Waals surface area (Å²) < 4.78 is 27.9. The van der Waals surface area contributed by atoms with Crippen molar-refractivity contribution in [3.63, 3.8) is 0 Å². The summed E-state index contributed by atoms with van der Waals surface area (Å²) in [5, 5.41) is 13.0. The van der Waals surface area contributed by atoms with Crippen LogP contribution >= 0.6 is 0 Å². The zero-order valence-corrected chi connectivity index (χ0v) is 36.7. The Labute approximate surface area is 372 Å². The number of nitrogens with two attached hydrogens (primary N) is 2. The van der Waals surface area contributed by atoms with Gasteiger partial charge in [0.15, 0.2) is 0 Å². The molecule has 9 N–H and O–H groups in total. The van der Waals surface area contributed by atoms with Crippen molar-refractivity contribution in [3.05, 3.63) is 108 Å². The first-order chi connectivity index (χ1) is 30.6. The second-order valence-electron chi connectivity index (χ2n) is 15.6. The number of guanidine groups is 1. The van der Waals surface area contributed by atoms with E-state index in [0.717, 1.165) is 21.9 Å². The van der Waals surface area contributed by atoms with Crippen LogP contribution in [0.1, 0.15) is 73.5 Å². The number of fused-ring (bicyclic) bond motifs is 1. The highest BCUT2D eigenvalue weighted by molar-refractivity contribution is 7.90. The molecule has 3 aromatic carbocycles. The summed E-state index contributed by atoms with van der Waals surface area (Å²) in [5.41, 5.74) is 13.5. The molecule has 1 aliphatic heterocycles. The Hall–Kier alpha value is -6.89. The van der Waals surface area contributed by atoms with Gasteiger partial charge >= 0.3 is 0 Å². The van der Waals surface area contributed by atoms with Crippen molar-refractivity contribution < 1.29 is 37.2 Å². The number of benzene rings is 3. The molecule has 2 heterocycles. The summed E-state index contributed by atoms with van der Waals surface area (Å²) in [4.78, 5) is 89.3. The molecule has 4 atom stereocenters. The molecule has 18 nitrogen and oxygen atoms in total. The van der Waals surface area contributed by atoms with Gasteiger partial charge in [-0.2, -0.15) is 0 Å². The van der Waals surface area contributed by atoms with Crippen molar-refractivity contribution in [2.75, 3.05) is 19.6 Å². The zero-order valence-electron chi connectivity index (χ0n) is 35.9. The fourth-order valence-electron chi connectivity index (χ4n) is 7.36. The van der Waals surface area contributed by atoms with Gasteiger partial charge < -0.3 is 37.6 Å². The van der Waals surface area contributed by atoms with Crippen LogP contribution in [0.2, 0.25) is 0 Å². The minimum atomic E-state index is -4.02. The summed E-state index contributed by atoms with van der Waals surface area (Å²) in [6, 6.07) is 20.1. The largest absolute Gasteiger partial charge is 0.369 e. The predicted octanol–water partition coefficient (Wildman–Crippen LogP) is 1.71. The minimum Gasteiger partial charge on any atom is -0.369 e. The molecule has 1 saturated heterocycles. The molecule has 0 saturated carbocycles. The molecular formula is C45H56N10O8S. The van der Waals surface area contributed by atoms with Crippen molar-refractivity contribution in [2.24, 2.45) is 16.5 Å². The predicted molar refractivity (Wildman–Crippen MR) is 241 cm³/mol. The molecule has 0 radical (unpaired) electrons. The lowest BCUT2D eigenvalue weighted by atomic mass is 10.00.